The summed E-state index contributed by atoms with van der Waals surface area (Å²) >= 11 is 0. The first kappa shape index (κ1) is 13.0. The topological polar surface area (TPSA) is 29.3 Å². The molecule has 0 bridgehead atoms. The van der Waals surface area contributed by atoms with Crippen molar-refractivity contribution in [3.63, 3.8) is 0 Å². The van der Waals surface area contributed by atoms with Gasteiger partial charge in [-0.1, -0.05) is 32.6 Å². The van der Waals surface area contributed by atoms with Crippen LogP contribution in [0.4, 0.5) is 0 Å². The van der Waals surface area contributed by atoms with Crippen molar-refractivity contribution < 1.29 is 0 Å². The summed E-state index contributed by atoms with van der Waals surface area (Å²) in [5.74, 6) is 0. The Kier molecular flexibility index (Phi) is 5.07. The van der Waals surface area contributed by atoms with E-state index in [1.807, 2.05) is 0 Å². The molecule has 1 aliphatic rings. The van der Waals surface area contributed by atoms with Crippen LogP contribution in [0.2, 0.25) is 0 Å². The Hall–Kier alpha value is -0.0800. The van der Waals surface area contributed by atoms with Gasteiger partial charge in [-0.2, -0.15) is 0 Å². The molecule has 0 spiro atoms. The van der Waals surface area contributed by atoms with Crippen LogP contribution in [-0.4, -0.2) is 30.1 Å². The fraction of sp³-hybridized carbons (Fsp3) is 1.00. The number of rotatable bonds is 4. The van der Waals surface area contributed by atoms with E-state index < -0.39 is 0 Å². The summed E-state index contributed by atoms with van der Waals surface area (Å²) in [5.41, 5.74) is 6.36. The summed E-state index contributed by atoms with van der Waals surface area (Å²) in [7, 11) is 2.27. The van der Waals surface area contributed by atoms with Crippen molar-refractivity contribution in [2.45, 2.75) is 70.4 Å². The molecular weight excluding hydrogens is 184 g/mol. The van der Waals surface area contributed by atoms with Crippen LogP contribution in [0.3, 0.4) is 0 Å². The number of nitrogens with two attached hydrogens (primary N) is 1. The standard InChI is InChI=1S/C13H28N2/c1-4-12(2)15(3)13(11-14)9-7-5-6-8-10-13/h12H,4-11,14H2,1-3H3. The van der Waals surface area contributed by atoms with Gasteiger partial charge in [0.1, 0.15) is 0 Å². The van der Waals surface area contributed by atoms with Gasteiger partial charge in [-0.3, -0.25) is 4.90 Å². The van der Waals surface area contributed by atoms with Crippen LogP contribution >= 0.6 is 0 Å². The summed E-state index contributed by atoms with van der Waals surface area (Å²) in [4.78, 5) is 2.55. The van der Waals surface area contributed by atoms with Gasteiger partial charge >= 0.3 is 0 Å². The third-order valence-electron chi connectivity index (χ3n) is 4.41. The molecule has 0 amide bonds. The molecule has 0 saturated heterocycles. The Morgan fingerprint density at radius 3 is 2.13 bits per heavy atom. The molecule has 2 N–H and O–H groups in total. The molecule has 0 aromatic rings. The monoisotopic (exact) mass is 212 g/mol. The average molecular weight is 212 g/mol. The highest BCUT2D eigenvalue weighted by molar-refractivity contribution is 4.93. The van der Waals surface area contributed by atoms with E-state index in [-0.39, 0.29) is 0 Å². The summed E-state index contributed by atoms with van der Waals surface area (Å²) in [6.45, 7) is 5.41. The van der Waals surface area contributed by atoms with Crippen LogP contribution in [0.15, 0.2) is 0 Å². The number of likely N-dealkylation sites (N-methyl/N-ethyl adjacent to an activating group) is 1. The molecule has 1 atom stereocenters. The SMILES string of the molecule is CCC(C)N(C)C1(CN)CCCCCC1. The first-order valence-electron chi connectivity index (χ1n) is 6.59. The van der Waals surface area contributed by atoms with Gasteiger partial charge in [-0.05, 0) is 33.2 Å². The minimum absolute atomic E-state index is 0.298. The van der Waals surface area contributed by atoms with Crippen LogP contribution in [0.5, 0.6) is 0 Å². The van der Waals surface area contributed by atoms with Crippen molar-refractivity contribution in [1.82, 2.24) is 4.90 Å². The first-order valence-corrected chi connectivity index (χ1v) is 6.59. The van der Waals surface area contributed by atoms with E-state index in [0.29, 0.717) is 11.6 Å². The Labute approximate surface area is 95.2 Å². The van der Waals surface area contributed by atoms with Crippen LogP contribution in [0.25, 0.3) is 0 Å². The Morgan fingerprint density at radius 1 is 1.20 bits per heavy atom. The third-order valence-corrected chi connectivity index (χ3v) is 4.41. The van der Waals surface area contributed by atoms with E-state index in [1.165, 1.54) is 44.9 Å². The maximum Gasteiger partial charge on any atom is 0.0331 e. The van der Waals surface area contributed by atoms with E-state index in [1.54, 1.807) is 0 Å². The molecule has 0 aromatic carbocycles. The van der Waals surface area contributed by atoms with E-state index in [9.17, 15) is 0 Å². The minimum Gasteiger partial charge on any atom is -0.329 e. The zero-order valence-corrected chi connectivity index (χ0v) is 10.8. The molecule has 1 unspecified atom stereocenters. The lowest BCUT2D eigenvalue weighted by atomic mass is 9.87. The van der Waals surface area contributed by atoms with Crippen molar-refractivity contribution in [2.75, 3.05) is 13.6 Å². The molecule has 1 rings (SSSR count). The van der Waals surface area contributed by atoms with Crippen LogP contribution in [-0.2, 0) is 0 Å². The van der Waals surface area contributed by atoms with E-state index >= 15 is 0 Å². The number of nitrogens with zero attached hydrogens (tertiary/aromatic N) is 1. The molecule has 0 radical (unpaired) electrons. The Bertz CT molecular complexity index is 171. The molecule has 2 heteroatoms. The van der Waals surface area contributed by atoms with E-state index in [4.69, 9.17) is 5.73 Å². The predicted octanol–water partition coefficient (Wildman–Crippen LogP) is 2.77. The first-order chi connectivity index (χ1) is 7.16. The minimum atomic E-state index is 0.298. The predicted molar refractivity (Wildman–Crippen MR) is 67.0 cm³/mol. The molecule has 1 saturated carbocycles. The summed E-state index contributed by atoms with van der Waals surface area (Å²) in [6, 6.07) is 0.659. The van der Waals surface area contributed by atoms with Gasteiger partial charge in [0.15, 0.2) is 0 Å². The molecule has 1 aliphatic carbocycles. The summed E-state index contributed by atoms with van der Waals surface area (Å²) in [5, 5.41) is 0. The summed E-state index contributed by atoms with van der Waals surface area (Å²) < 4.78 is 0. The average Bonchev–Trinajstić information content (AvgIpc) is 2.53. The second-order valence-electron chi connectivity index (χ2n) is 5.21. The quantitative estimate of drug-likeness (QED) is 0.726. The highest BCUT2D eigenvalue weighted by atomic mass is 15.2. The summed E-state index contributed by atoms with van der Waals surface area (Å²) in [6.07, 6.45) is 9.33. The fourth-order valence-corrected chi connectivity index (χ4v) is 2.83. The largest absolute Gasteiger partial charge is 0.329 e. The van der Waals surface area contributed by atoms with Gasteiger partial charge in [-0.15, -0.1) is 0 Å². The van der Waals surface area contributed by atoms with Gasteiger partial charge in [0.05, 0.1) is 0 Å². The lowest BCUT2D eigenvalue weighted by Gasteiger charge is -2.44. The van der Waals surface area contributed by atoms with Crippen molar-refractivity contribution in [3.05, 3.63) is 0 Å². The smallest absolute Gasteiger partial charge is 0.0331 e. The van der Waals surface area contributed by atoms with Crippen LogP contribution in [0, 0.1) is 0 Å². The lowest BCUT2D eigenvalue weighted by Crippen LogP contribution is -2.54. The molecule has 90 valence electrons. The Balaban J connectivity index is 2.71. The fourth-order valence-electron chi connectivity index (χ4n) is 2.83. The molecule has 0 heterocycles. The normalized spacial score (nSPS) is 23.8. The molecule has 15 heavy (non-hydrogen) atoms. The van der Waals surface area contributed by atoms with E-state index in [2.05, 4.69) is 25.8 Å². The second-order valence-corrected chi connectivity index (χ2v) is 5.21. The zero-order valence-electron chi connectivity index (χ0n) is 10.8. The number of hydrogen-bond donors (Lipinski definition) is 1. The maximum absolute atomic E-state index is 6.06. The van der Waals surface area contributed by atoms with Crippen LogP contribution in [0.1, 0.15) is 58.8 Å². The van der Waals surface area contributed by atoms with Crippen molar-refractivity contribution in [1.29, 1.82) is 0 Å². The highest BCUT2D eigenvalue weighted by Crippen LogP contribution is 2.32. The third kappa shape index (κ3) is 2.94. The van der Waals surface area contributed by atoms with Crippen LogP contribution < -0.4 is 5.73 Å². The van der Waals surface area contributed by atoms with Gasteiger partial charge < -0.3 is 5.73 Å². The lowest BCUT2D eigenvalue weighted by molar-refractivity contribution is 0.0678. The van der Waals surface area contributed by atoms with Crippen molar-refractivity contribution >= 4 is 0 Å². The molecular formula is C13H28N2. The highest BCUT2D eigenvalue weighted by Gasteiger charge is 2.35. The van der Waals surface area contributed by atoms with Gasteiger partial charge in [-0.25, -0.2) is 0 Å². The second kappa shape index (κ2) is 5.86. The molecule has 2 nitrogen and oxygen atoms in total. The molecule has 1 fully saturated rings. The van der Waals surface area contributed by atoms with Gasteiger partial charge in [0.2, 0.25) is 0 Å². The van der Waals surface area contributed by atoms with E-state index in [0.717, 1.165) is 6.54 Å². The van der Waals surface area contributed by atoms with Gasteiger partial charge in [0, 0.05) is 18.1 Å². The maximum atomic E-state index is 6.06. The van der Waals surface area contributed by atoms with Gasteiger partial charge in [0.25, 0.3) is 0 Å². The van der Waals surface area contributed by atoms with Crippen molar-refractivity contribution in [3.8, 4) is 0 Å². The number of hydrogen-bond acceptors (Lipinski definition) is 2. The zero-order chi connectivity index (χ0) is 11.3. The molecule has 0 aliphatic heterocycles. The van der Waals surface area contributed by atoms with Crippen molar-refractivity contribution in [2.24, 2.45) is 5.73 Å². The Morgan fingerprint density at radius 2 is 1.73 bits per heavy atom. The molecule has 0 aromatic heterocycles.